The second kappa shape index (κ2) is 6.51. The molecule has 0 aliphatic carbocycles. The maximum atomic E-state index is 13.5. The third-order valence-corrected chi connectivity index (χ3v) is 7.71. The molecule has 2 saturated heterocycles. The van der Waals surface area contributed by atoms with Crippen LogP contribution in [0.25, 0.3) is 0 Å². The number of para-hydroxylation sites is 1. The Bertz CT molecular complexity index is 997. The lowest BCUT2D eigenvalue weighted by atomic mass is 9.79. The van der Waals surface area contributed by atoms with Gasteiger partial charge >= 0.3 is 0 Å². The molecule has 2 fully saturated rings. The maximum absolute atomic E-state index is 13.5. The van der Waals surface area contributed by atoms with Gasteiger partial charge < -0.3 is 10.6 Å². The fourth-order valence-corrected chi connectivity index (χ4v) is 6.34. The maximum Gasteiger partial charge on any atom is 0.250 e. The molecular weight excluding hydrogens is 394 g/mol. The quantitative estimate of drug-likeness (QED) is 0.785. The van der Waals surface area contributed by atoms with Gasteiger partial charge in [-0.1, -0.05) is 35.9 Å². The Morgan fingerprint density at radius 1 is 1.29 bits per heavy atom. The van der Waals surface area contributed by atoms with E-state index in [4.69, 9.17) is 11.6 Å². The molecule has 2 aromatic carbocycles. The van der Waals surface area contributed by atoms with Crippen LogP contribution >= 0.6 is 23.4 Å². The van der Waals surface area contributed by atoms with Crippen LogP contribution in [-0.2, 0) is 15.1 Å². The Labute approximate surface area is 172 Å². The molecule has 5 rings (SSSR count). The highest BCUT2D eigenvalue weighted by Crippen LogP contribution is 2.55. The largest absolute Gasteiger partial charge is 0.325 e. The number of nitrogens with zero attached hydrogens (tertiary/aromatic N) is 1. The number of benzene rings is 2. The summed E-state index contributed by atoms with van der Waals surface area (Å²) in [6.07, 6.45) is 0.667. The molecule has 7 heteroatoms. The van der Waals surface area contributed by atoms with Crippen LogP contribution < -0.4 is 10.6 Å². The second-order valence-corrected chi connectivity index (χ2v) is 8.99. The highest BCUT2D eigenvalue weighted by atomic mass is 35.5. The van der Waals surface area contributed by atoms with Crippen molar-refractivity contribution in [2.45, 2.75) is 24.9 Å². The fraction of sp³-hybridized carbons (Fsp3) is 0.333. The Kier molecular flexibility index (Phi) is 4.19. The van der Waals surface area contributed by atoms with Crippen molar-refractivity contribution in [2.24, 2.45) is 5.92 Å². The lowest BCUT2D eigenvalue weighted by Crippen LogP contribution is -2.53. The van der Waals surface area contributed by atoms with E-state index >= 15 is 0 Å². The van der Waals surface area contributed by atoms with Gasteiger partial charge in [0.05, 0.1) is 5.92 Å². The number of hydrogen-bond donors (Lipinski definition) is 2. The summed E-state index contributed by atoms with van der Waals surface area (Å²) in [6.45, 7) is 1.88. The van der Waals surface area contributed by atoms with Crippen molar-refractivity contribution in [1.29, 1.82) is 0 Å². The van der Waals surface area contributed by atoms with E-state index in [2.05, 4.69) is 15.5 Å². The predicted molar refractivity (Wildman–Crippen MR) is 113 cm³/mol. The van der Waals surface area contributed by atoms with Crippen LogP contribution in [0, 0.1) is 12.8 Å². The number of halogens is 1. The van der Waals surface area contributed by atoms with Gasteiger partial charge in [-0.2, -0.15) is 0 Å². The fourth-order valence-electron chi connectivity index (χ4n) is 4.87. The van der Waals surface area contributed by atoms with Crippen molar-refractivity contribution in [3.05, 3.63) is 58.6 Å². The topological polar surface area (TPSA) is 61.4 Å². The zero-order valence-corrected chi connectivity index (χ0v) is 16.9. The lowest BCUT2D eigenvalue weighted by molar-refractivity contribution is -0.134. The summed E-state index contributed by atoms with van der Waals surface area (Å²) in [5.74, 6) is 1.02. The molecule has 144 valence electrons. The predicted octanol–water partition coefficient (Wildman–Crippen LogP) is 3.83. The van der Waals surface area contributed by atoms with Crippen molar-refractivity contribution in [1.82, 2.24) is 4.90 Å². The van der Waals surface area contributed by atoms with Crippen molar-refractivity contribution < 1.29 is 9.59 Å². The minimum atomic E-state index is -0.943. The summed E-state index contributed by atoms with van der Waals surface area (Å²) >= 11 is 8.04. The van der Waals surface area contributed by atoms with Crippen LogP contribution in [0.15, 0.2) is 42.5 Å². The van der Waals surface area contributed by atoms with Crippen molar-refractivity contribution in [3.8, 4) is 0 Å². The number of rotatable bonds is 2. The first-order valence-corrected chi connectivity index (χ1v) is 10.9. The zero-order chi connectivity index (χ0) is 19.5. The van der Waals surface area contributed by atoms with Crippen LogP contribution in [0.5, 0.6) is 0 Å². The van der Waals surface area contributed by atoms with E-state index in [9.17, 15) is 9.59 Å². The molecule has 2 amide bonds. The van der Waals surface area contributed by atoms with Crippen LogP contribution in [0.1, 0.15) is 17.5 Å². The Morgan fingerprint density at radius 3 is 2.96 bits per heavy atom. The molecule has 0 radical (unpaired) electrons. The number of thioether (sulfide) groups is 1. The first kappa shape index (κ1) is 18.0. The van der Waals surface area contributed by atoms with Gasteiger partial charge in [0.1, 0.15) is 5.54 Å². The van der Waals surface area contributed by atoms with Gasteiger partial charge in [-0.05, 0) is 37.1 Å². The molecule has 2 aromatic rings. The van der Waals surface area contributed by atoms with Gasteiger partial charge in [-0.3, -0.25) is 14.5 Å². The average Bonchev–Trinajstić information content (AvgIpc) is 3.34. The van der Waals surface area contributed by atoms with Gasteiger partial charge in [0, 0.05) is 39.6 Å². The van der Waals surface area contributed by atoms with Gasteiger partial charge in [0.2, 0.25) is 11.8 Å². The average molecular weight is 414 g/mol. The van der Waals surface area contributed by atoms with Crippen molar-refractivity contribution in [2.75, 3.05) is 22.3 Å². The molecule has 0 aromatic heterocycles. The number of fused-ring (bicyclic) bond motifs is 4. The van der Waals surface area contributed by atoms with Crippen LogP contribution in [-0.4, -0.2) is 34.4 Å². The van der Waals surface area contributed by atoms with Gasteiger partial charge in [0.15, 0.2) is 0 Å². The summed E-state index contributed by atoms with van der Waals surface area (Å²) in [7, 11) is 0. The number of carbonyl (C=O) groups is 2. The van der Waals surface area contributed by atoms with E-state index in [0.29, 0.717) is 17.1 Å². The van der Waals surface area contributed by atoms with E-state index in [1.807, 2.05) is 55.1 Å². The minimum Gasteiger partial charge on any atom is -0.325 e. The number of hydrogen-bond acceptors (Lipinski definition) is 4. The normalized spacial score (nSPS) is 28.3. The Balaban J connectivity index is 1.58. The highest BCUT2D eigenvalue weighted by molar-refractivity contribution is 7.99. The Morgan fingerprint density at radius 2 is 2.11 bits per heavy atom. The third-order valence-electron chi connectivity index (χ3n) is 6.22. The van der Waals surface area contributed by atoms with Crippen LogP contribution in [0.3, 0.4) is 0 Å². The van der Waals surface area contributed by atoms with Crippen LogP contribution in [0.2, 0.25) is 5.02 Å². The van der Waals surface area contributed by atoms with E-state index in [-0.39, 0.29) is 17.9 Å². The summed E-state index contributed by atoms with van der Waals surface area (Å²) in [6, 6.07) is 13.4. The monoisotopic (exact) mass is 413 g/mol. The van der Waals surface area contributed by atoms with Crippen molar-refractivity contribution in [3.63, 3.8) is 0 Å². The zero-order valence-electron chi connectivity index (χ0n) is 15.4. The molecular formula is C21H20ClN3O2S. The Hall–Kier alpha value is -2.02. The smallest absolute Gasteiger partial charge is 0.250 e. The molecule has 3 aliphatic rings. The van der Waals surface area contributed by atoms with E-state index in [1.54, 1.807) is 6.07 Å². The van der Waals surface area contributed by atoms with E-state index in [0.717, 1.165) is 28.4 Å². The first-order chi connectivity index (χ1) is 13.5. The van der Waals surface area contributed by atoms with Gasteiger partial charge in [-0.25, -0.2) is 0 Å². The van der Waals surface area contributed by atoms with Crippen LogP contribution in [0.4, 0.5) is 11.4 Å². The summed E-state index contributed by atoms with van der Waals surface area (Å²) < 4.78 is 0. The van der Waals surface area contributed by atoms with Gasteiger partial charge in [-0.15, -0.1) is 11.8 Å². The number of nitrogens with one attached hydrogen (secondary N) is 2. The first-order valence-electron chi connectivity index (χ1n) is 9.35. The van der Waals surface area contributed by atoms with E-state index < -0.39 is 11.5 Å². The molecule has 2 N–H and O–H groups in total. The molecule has 5 nitrogen and oxygen atoms in total. The molecule has 3 heterocycles. The minimum absolute atomic E-state index is 0.0957. The number of amides is 2. The molecule has 3 atom stereocenters. The SMILES string of the molecule is Cc1c(Cl)cccc1NC(=O)[C@@H]1C[C@H]2CSCN2[C@]12C(=O)Nc1ccccc12. The molecule has 1 spiro atoms. The molecule has 0 unspecified atom stereocenters. The molecule has 28 heavy (non-hydrogen) atoms. The second-order valence-electron chi connectivity index (χ2n) is 7.58. The highest BCUT2D eigenvalue weighted by Gasteiger charge is 2.65. The summed E-state index contributed by atoms with van der Waals surface area (Å²) in [5.41, 5.74) is 2.30. The molecule has 3 aliphatic heterocycles. The third kappa shape index (κ3) is 2.38. The summed E-state index contributed by atoms with van der Waals surface area (Å²) in [4.78, 5) is 29.0. The van der Waals surface area contributed by atoms with Crippen molar-refractivity contribution >= 4 is 46.6 Å². The number of carbonyl (C=O) groups excluding carboxylic acids is 2. The standard InChI is InChI=1S/C21H20ClN3O2S/c1-12-16(22)6-4-8-17(12)23-19(26)15-9-13-10-28-11-25(13)21(15)14-5-2-3-7-18(14)24-20(21)27/h2-8,13,15H,9-11H2,1H3,(H,23,26)(H,24,27)/t13-,15-,21-/m0/s1. The lowest BCUT2D eigenvalue weighted by Gasteiger charge is -2.36. The summed E-state index contributed by atoms with van der Waals surface area (Å²) in [5, 5.41) is 6.68. The number of anilines is 2. The van der Waals surface area contributed by atoms with Gasteiger partial charge in [0.25, 0.3) is 0 Å². The molecule has 0 bridgehead atoms. The molecule has 0 saturated carbocycles. The van der Waals surface area contributed by atoms with E-state index in [1.165, 1.54) is 0 Å².